The van der Waals surface area contributed by atoms with Crippen molar-refractivity contribution in [2.45, 2.75) is 0 Å². The van der Waals surface area contributed by atoms with E-state index < -0.39 is 0 Å². The smallest absolute Gasteiger partial charge is 0.277 e. The average Bonchev–Trinajstić information content (AvgIpc) is 2.72. The molecule has 4 aromatic rings. The van der Waals surface area contributed by atoms with Crippen molar-refractivity contribution < 1.29 is 9.53 Å². The highest BCUT2D eigenvalue weighted by molar-refractivity contribution is 6.32. The van der Waals surface area contributed by atoms with E-state index in [4.69, 9.17) is 16.3 Å². The SMILES string of the molecule is O=C(COc1ccccc1Cl)N/N=C/c1c2ccccc2cc2ccccc12. The molecule has 0 saturated carbocycles. The lowest BCUT2D eigenvalue weighted by molar-refractivity contribution is -0.123. The van der Waals surface area contributed by atoms with Crippen molar-refractivity contribution in [3.63, 3.8) is 0 Å². The number of amides is 1. The van der Waals surface area contributed by atoms with E-state index in [0.29, 0.717) is 10.8 Å². The lowest BCUT2D eigenvalue weighted by Gasteiger charge is -2.08. The molecule has 0 saturated heterocycles. The molecule has 0 aliphatic heterocycles. The number of carbonyl (C=O) groups excluding carboxylic acids is 1. The molecule has 4 rings (SSSR count). The van der Waals surface area contributed by atoms with Crippen molar-refractivity contribution in [1.29, 1.82) is 0 Å². The van der Waals surface area contributed by atoms with Crippen LogP contribution in [-0.4, -0.2) is 18.7 Å². The molecule has 0 aliphatic carbocycles. The fourth-order valence-electron chi connectivity index (χ4n) is 3.09. The van der Waals surface area contributed by atoms with Crippen molar-refractivity contribution in [1.82, 2.24) is 5.43 Å². The van der Waals surface area contributed by atoms with Gasteiger partial charge in [0, 0.05) is 5.56 Å². The highest BCUT2D eigenvalue weighted by Crippen LogP contribution is 2.27. The Labute approximate surface area is 167 Å². The number of carbonyl (C=O) groups is 1. The Bertz CT molecular complexity index is 1130. The second-order valence-electron chi connectivity index (χ2n) is 6.24. The molecule has 4 nitrogen and oxygen atoms in total. The van der Waals surface area contributed by atoms with Crippen LogP contribution >= 0.6 is 11.6 Å². The molecule has 0 spiro atoms. The van der Waals surface area contributed by atoms with Crippen LogP contribution in [0.5, 0.6) is 5.75 Å². The maximum atomic E-state index is 12.1. The van der Waals surface area contributed by atoms with E-state index in [1.165, 1.54) is 0 Å². The zero-order valence-corrected chi connectivity index (χ0v) is 15.7. The van der Waals surface area contributed by atoms with Crippen LogP contribution < -0.4 is 10.2 Å². The summed E-state index contributed by atoms with van der Waals surface area (Å²) < 4.78 is 5.42. The zero-order valence-electron chi connectivity index (χ0n) is 14.9. The van der Waals surface area contributed by atoms with Gasteiger partial charge in [-0.1, -0.05) is 72.3 Å². The molecule has 1 N–H and O–H groups in total. The first-order chi connectivity index (χ1) is 13.7. The molecule has 0 radical (unpaired) electrons. The van der Waals surface area contributed by atoms with Gasteiger partial charge in [-0.15, -0.1) is 0 Å². The van der Waals surface area contributed by atoms with Crippen molar-refractivity contribution in [3.8, 4) is 5.75 Å². The van der Waals surface area contributed by atoms with Crippen molar-refractivity contribution in [3.05, 3.63) is 89.4 Å². The fraction of sp³-hybridized carbons (Fsp3) is 0.0435. The minimum atomic E-state index is -0.360. The molecule has 0 unspecified atom stereocenters. The van der Waals surface area contributed by atoms with E-state index >= 15 is 0 Å². The Hall–Kier alpha value is -3.37. The fourth-order valence-corrected chi connectivity index (χ4v) is 3.28. The molecule has 138 valence electrons. The van der Waals surface area contributed by atoms with Crippen LogP contribution in [0.25, 0.3) is 21.5 Å². The molecular weight excluding hydrogens is 372 g/mol. The van der Waals surface area contributed by atoms with Gasteiger partial charge in [-0.05, 0) is 39.7 Å². The second kappa shape index (κ2) is 8.11. The molecule has 0 atom stereocenters. The highest BCUT2D eigenvalue weighted by atomic mass is 35.5. The number of hydrazone groups is 1. The molecule has 4 aromatic carbocycles. The maximum absolute atomic E-state index is 12.1. The monoisotopic (exact) mass is 388 g/mol. The molecule has 0 heterocycles. The van der Waals surface area contributed by atoms with E-state index in [1.54, 1.807) is 30.5 Å². The van der Waals surface area contributed by atoms with E-state index in [1.807, 2.05) is 36.4 Å². The van der Waals surface area contributed by atoms with Gasteiger partial charge in [0.05, 0.1) is 11.2 Å². The minimum absolute atomic E-state index is 0.169. The van der Waals surface area contributed by atoms with Gasteiger partial charge in [-0.25, -0.2) is 5.43 Å². The summed E-state index contributed by atoms with van der Waals surface area (Å²) in [5.74, 6) is 0.101. The maximum Gasteiger partial charge on any atom is 0.277 e. The number of hydrogen-bond donors (Lipinski definition) is 1. The Morgan fingerprint density at radius 1 is 0.929 bits per heavy atom. The van der Waals surface area contributed by atoms with Crippen LogP contribution in [0, 0.1) is 0 Å². The van der Waals surface area contributed by atoms with Crippen LogP contribution in [0.2, 0.25) is 5.02 Å². The predicted molar refractivity (Wildman–Crippen MR) is 114 cm³/mol. The number of nitrogens with one attached hydrogen (secondary N) is 1. The first kappa shape index (κ1) is 18.0. The minimum Gasteiger partial charge on any atom is -0.482 e. The van der Waals surface area contributed by atoms with Gasteiger partial charge in [0.25, 0.3) is 5.91 Å². The van der Waals surface area contributed by atoms with Gasteiger partial charge in [-0.3, -0.25) is 4.79 Å². The van der Waals surface area contributed by atoms with Crippen LogP contribution in [0.15, 0.2) is 84.0 Å². The Morgan fingerprint density at radius 2 is 1.54 bits per heavy atom. The van der Waals surface area contributed by atoms with Crippen LogP contribution in [0.1, 0.15) is 5.56 Å². The van der Waals surface area contributed by atoms with E-state index in [-0.39, 0.29) is 12.5 Å². The third-order valence-corrected chi connectivity index (χ3v) is 4.70. The second-order valence-corrected chi connectivity index (χ2v) is 6.65. The number of para-hydroxylation sites is 1. The molecule has 0 aliphatic rings. The topological polar surface area (TPSA) is 50.7 Å². The number of nitrogens with zero attached hydrogens (tertiary/aromatic N) is 1. The molecular formula is C23H17ClN2O2. The van der Waals surface area contributed by atoms with Gasteiger partial charge >= 0.3 is 0 Å². The number of halogens is 1. The van der Waals surface area contributed by atoms with Gasteiger partial charge in [0.15, 0.2) is 6.61 Å². The molecule has 0 fully saturated rings. The molecule has 28 heavy (non-hydrogen) atoms. The molecule has 0 bridgehead atoms. The average molecular weight is 389 g/mol. The Morgan fingerprint density at radius 3 is 2.21 bits per heavy atom. The normalized spacial score (nSPS) is 11.2. The van der Waals surface area contributed by atoms with E-state index in [9.17, 15) is 4.79 Å². The predicted octanol–water partition coefficient (Wildman–Crippen LogP) is 5.18. The lowest BCUT2D eigenvalue weighted by Crippen LogP contribution is -2.24. The summed E-state index contributed by atoms with van der Waals surface area (Å²) in [7, 11) is 0. The van der Waals surface area contributed by atoms with Crippen LogP contribution in [0.4, 0.5) is 0 Å². The van der Waals surface area contributed by atoms with Gasteiger partial charge < -0.3 is 4.74 Å². The van der Waals surface area contributed by atoms with Crippen LogP contribution in [-0.2, 0) is 4.79 Å². The number of fused-ring (bicyclic) bond motifs is 2. The zero-order chi connectivity index (χ0) is 19.3. The molecule has 0 aromatic heterocycles. The van der Waals surface area contributed by atoms with E-state index in [0.717, 1.165) is 27.1 Å². The van der Waals surface area contributed by atoms with Gasteiger partial charge in [-0.2, -0.15) is 5.10 Å². The standard InChI is InChI=1S/C23H17ClN2O2/c24-21-11-5-6-12-22(21)28-15-23(27)26-25-14-20-18-9-3-1-7-16(18)13-17-8-2-4-10-19(17)20/h1-14H,15H2,(H,26,27)/b25-14+. The van der Waals surface area contributed by atoms with Crippen molar-refractivity contribution in [2.24, 2.45) is 5.10 Å². The van der Waals surface area contributed by atoms with Crippen molar-refractivity contribution in [2.75, 3.05) is 6.61 Å². The lowest BCUT2D eigenvalue weighted by atomic mass is 9.97. The summed E-state index contributed by atoms with van der Waals surface area (Å²) >= 11 is 6.02. The third-order valence-electron chi connectivity index (χ3n) is 4.39. The van der Waals surface area contributed by atoms with Gasteiger partial charge in [0.1, 0.15) is 5.75 Å². The summed E-state index contributed by atoms with van der Waals surface area (Å²) in [4.78, 5) is 12.1. The molecule has 5 heteroatoms. The summed E-state index contributed by atoms with van der Waals surface area (Å²) in [6, 6.07) is 25.4. The summed E-state index contributed by atoms with van der Waals surface area (Å²) in [5, 5.41) is 8.99. The number of ether oxygens (including phenoxy) is 1. The number of rotatable bonds is 5. The summed E-state index contributed by atoms with van der Waals surface area (Å²) in [6.07, 6.45) is 1.68. The Balaban J connectivity index is 1.53. The summed E-state index contributed by atoms with van der Waals surface area (Å²) in [5.41, 5.74) is 3.47. The van der Waals surface area contributed by atoms with Crippen molar-refractivity contribution >= 4 is 45.3 Å². The first-order valence-corrected chi connectivity index (χ1v) is 9.20. The first-order valence-electron chi connectivity index (χ1n) is 8.82. The third kappa shape index (κ3) is 3.82. The summed E-state index contributed by atoms with van der Waals surface area (Å²) in [6.45, 7) is -0.169. The largest absolute Gasteiger partial charge is 0.482 e. The highest BCUT2D eigenvalue weighted by Gasteiger charge is 2.07. The number of benzene rings is 4. The molecule has 1 amide bonds. The van der Waals surface area contributed by atoms with Crippen LogP contribution in [0.3, 0.4) is 0 Å². The van der Waals surface area contributed by atoms with Gasteiger partial charge in [0.2, 0.25) is 0 Å². The van der Waals surface area contributed by atoms with E-state index in [2.05, 4.69) is 28.7 Å². The number of hydrogen-bond acceptors (Lipinski definition) is 3. The quantitative estimate of drug-likeness (QED) is 0.291. The Kier molecular flexibility index (Phi) is 5.22.